The predicted octanol–water partition coefficient (Wildman–Crippen LogP) is 6.91. The third kappa shape index (κ3) is 8.47. The number of hydrogen-bond acceptors (Lipinski definition) is 4. The molecule has 3 rings (SSSR count). The molecule has 0 saturated heterocycles. The Bertz CT molecular complexity index is 1150. The van der Waals surface area contributed by atoms with E-state index in [0.29, 0.717) is 22.2 Å². The third-order valence-corrected chi connectivity index (χ3v) is 6.14. The van der Waals surface area contributed by atoms with E-state index in [1.165, 1.54) is 0 Å². The molecular formula is C28H30Cl2N2O4. The van der Waals surface area contributed by atoms with Crippen molar-refractivity contribution in [1.82, 2.24) is 5.32 Å². The van der Waals surface area contributed by atoms with E-state index in [4.69, 9.17) is 33.0 Å². The lowest BCUT2D eigenvalue weighted by molar-refractivity contribution is -0.136. The van der Waals surface area contributed by atoms with Crippen molar-refractivity contribution >= 4 is 40.8 Å². The number of carboxylic acid groups (broad SMARTS) is 1. The van der Waals surface area contributed by atoms with Crippen molar-refractivity contribution in [3.63, 3.8) is 0 Å². The number of rotatable bonds is 13. The van der Waals surface area contributed by atoms with E-state index in [2.05, 4.69) is 17.6 Å². The van der Waals surface area contributed by atoms with Crippen molar-refractivity contribution in [2.45, 2.75) is 38.6 Å². The number of carbonyl (C=O) groups is 2. The summed E-state index contributed by atoms with van der Waals surface area (Å²) in [5, 5.41) is 16.0. The Morgan fingerprint density at radius 1 is 1.00 bits per heavy atom. The number of unbranched alkanes of at least 4 members (excludes halogenated alkanes) is 1. The molecule has 3 aromatic rings. The first-order chi connectivity index (χ1) is 17.4. The Morgan fingerprint density at radius 2 is 1.72 bits per heavy atom. The topological polar surface area (TPSA) is 87.7 Å². The van der Waals surface area contributed by atoms with Crippen LogP contribution in [0.4, 0.5) is 5.69 Å². The van der Waals surface area contributed by atoms with E-state index < -0.39 is 5.97 Å². The maximum atomic E-state index is 12.2. The summed E-state index contributed by atoms with van der Waals surface area (Å²) in [6.07, 6.45) is 2.96. The quantitative estimate of drug-likeness (QED) is 0.224. The number of benzene rings is 3. The molecule has 0 aliphatic carbocycles. The van der Waals surface area contributed by atoms with Crippen LogP contribution < -0.4 is 15.4 Å². The Balaban J connectivity index is 1.57. The lowest BCUT2D eigenvalue weighted by atomic mass is 10.1. The highest BCUT2D eigenvalue weighted by atomic mass is 35.5. The van der Waals surface area contributed by atoms with Gasteiger partial charge in [-0.15, -0.1) is 0 Å². The number of halogens is 2. The SMILES string of the molecule is CCCC[C@@H](COc1ccc(-c2ccc(Cl)cc2Cl)cc1)Nc1ccc(C(=O)NCCC(=O)O)cc1. The van der Waals surface area contributed by atoms with Gasteiger partial charge in [-0.1, -0.05) is 61.2 Å². The van der Waals surface area contributed by atoms with Crippen LogP contribution in [0.5, 0.6) is 5.75 Å². The number of amides is 1. The summed E-state index contributed by atoms with van der Waals surface area (Å²) in [5.74, 6) is -0.477. The highest BCUT2D eigenvalue weighted by Gasteiger charge is 2.12. The van der Waals surface area contributed by atoms with Crippen LogP contribution >= 0.6 is 23.2 Å². The number of anilines is 1. The minimum absolute atomic E-state index is 0.0885. The van der Waals surface area contributed by atoms with Crippen LogP contribution in [0.15, 0.2) is 66.7 Å². The molecule has 36 heavy (non-hydrogen) atoms. The molecule has 0 bridgehead atoms. The van der Waals surface area contributed by atoms with Gasteiger partial charge in [0.1, 0.15) is 12.4 Å². The molecule has 0 aliphatic heterocycles. The molecule has 6 nitrogen and oxygen atoms in total. The largest absolute Gasteiger partial charge is 0.491 e. The second-order valence-electron chi connectivity index (χ2n) is 8.42. The van der Waals surface area contributed by atoms with Crippen molar-refractivity contribution in [3.05, 3.63) is 82.3 Å². The minimum atomic E-state index is -0.947. The first-order valence-corrected chi connectivity index (χ1v) is 12.7. The number of nitrogens with one attached hydrogen (secondary N) is 2. The molecule has 190 valence electrons. The zero-order chi connectivity index (χ0) is 25.9. The number of hydrogen-bond donors (Lipinski definition) is 3. The predicted molar refractivity (Wildman–Crippen MR) is 145 cm³/mol. The van der Waals surface area contributed by atoms with Crippen molar-refractivity contribution in [2.75, 3.05) is 18.5 Å². The second kappa shape index (κ2) is 13.8. The lowest BCUT2D eigenvalue weighted by Crippen LogP contribution is -2.27. The van der Waals surface area contributed by atoms with Gasteiger partial charge in [0.2, 0.25) is 0 Å². The zero-order valence-electron chi connectivity index (χ0n) is 20.1. The van der Waals surface area contributed by atoms with Gasteiger partial charge in [-0.2, -0.15) is 0 Å². The van der Waals surface area contributed by atoms with Crippen LogP contribution in [-0.2, 0) is 4.79 Å². The average molecular weight is 529 g/mol. The number of carboxylic acids is 1. The fourth-order valence-corrected chi connectivity index (χ4v) is 4.15. The summed E-state index contributed by atoms with van der Waals surface area (Å²) in [7, 11) is 0. The van der Waals surface area contributed by atoms with Gasteiger partial charge in [0.05, 0.1) is 12.5 Å². The van der Waals surface area contributed by atoms with Gasteiger partial charge in [0.25, 0.3) is 5.91 Å². The molecule has 1 atom stereocenters. The zero-order valence-corrected chi connectivity index (χ0v) is 21.6. The molecule has 0 radical (unpaired) electrons. The molecule has 0 saturated carbocycles. The molecular weight excluding hydrogens is 499 g/mol. The van der Waals surface area contributed by atoms with Crippen molar-refractivity contribution < 1.29 is 19.4 Å². The number of ether oxygens (including phenoxy) is 1. The highest BCUT2D eigenvalue weighted by Crippen LogP contribution is 2.31. The summed E-state index contributed by atoms with van der Waals surface area (Å²) >= 11 is 12.3. The maximum absolute atomic E-state index is 12.2. The van der Waals surface area contributed by atoms with Gasteiger partial charge < -0.3 is 20.5 Å². The lowest BCUT2D eigenvalue weighted by Gasteiger charge is -2.21. The van der Waals surface area contributed by atoms with E-state index in [9.17, 15) is 9.59 Å². The summed E-state index contributed by atoms with van der Waals surface area (Å²) in [4.78, 5) is 22.8. The van der Waals surface area contributed by atoms with Gasteiger partial charge in [0.15, 0.2) is 0 Å². The standard InChI is InChI=1S/C28H30Cl2N2O4/c1-2-3-4-23(32-22-10-5-20(6-11-22)28(35)31-16-15-27(33)34)18-36-24-12-7-19(8-13-24)25-14-9-21(29)17-26(25)30/h5-14,17,23,32H,2-4,15-16,18H2,1H3,(H,31,35)(H,33,34)/t23-/m0/s1. The highest BCUT2D eigenvalue weighted by molar-refractivity contribution is 6.36. The third-order valence-electron chi connectivity index (χ3n) is 5.60. The van der Waals surface area contributed by atoms with Crippen LogP contribution in [0, 0.1) is 0 Å². The Hall–Kier alpha value is -3.22. The summed E-state index contributed by atoms with van der Waals surface area (Å²) in [5.41, 5.74) is 3.26. The van der Waals surface area contributed by atoms with Gasteiger partial charge in [0, 0.05) is 33.4 Å². The van der Waals surface area contributed by atoms with Gasteiger partial charge in [-0.05, 0) is 60.5 Å². The molecule has 0 fully saturated rings. The molecule has 0 aliphatic rings. The van der Waals surface area contributed by atoms with Crippen LogP contribution in [0.25, 0.3) is 11.1 Å². The Kier molecular flexibility index (Phi) is 10.5. The van der Waals surface area contributed by atoms with E-state index in [1.807, 2.05) is 48.5 Å². The smallest absolute Gasteiger partial charge is 0.305 e. The molecule has 0 spiro atoms. The van der Waals surface area contributed by atoms with Crippen molar-refractivity contribution in [2.24, 2.45) is 0 Å². The first-order valence-electron chi connectivity index (χ1n) is 11.9. The Labute approximate surface area is 221 Å². The van der Waals surface area contributed by atoms with Gasteiger partial charge >= 0.3 is 5.97 Å². The Morgan fingerprint density at radius 3 is 2.36 bits per heavy atom. The second-order valence-corrected chi connectivity index (χ2v) is 9.26. The van der Waals surface area contributed by atoms with E-state index in [1.54, 1.807) is 18.2 Å². The van der Waals surface area contributed by atoms with Crippen LogP contribution in [-0.4, -0.2) is 36.2 Å². The summed E-state index contributed by atoms with van der Waals surface area (Å²) in [6, 6.07) is 20.4. The molecule has 3 N–H and O–H groups in total. The van der Waals surface area contributed by atoms with Crippen LogP contribution in [0.3, 0.4) is 0 Å². The van der Waals surface area contributed by atoms with Gasteiger partial charge in [-0.25, -0.2) is 0 Å². The molecule has 0 aromatic heterocycles. The van der Waals surface area contributed by atoms with Crippen molar-refractivity contribution in [1.29, 1.82) is 0 Å². The monoisotopic (exact) mass is 528 g/mol. The molecule has 8 heteroatoms. The van der Waals surface area contributed by atoms with E-state index in [0.717, 1.165) is 41.8 Å². The van der Waals surface area contributed by atoms with Crippen LogP contribution in [0.2, 0.25) is 10.0 Å². The summed E-state index contributed by atoms with van der Waals surface area (Å²) < 4.78 is 6.07. The maximum Gasteiger partial charge on any atom is 0.305 e. The first kappa shape index (κ1) is 27.4. The molecule has 3 aromatic carbocycles. The average Bonchev–Trinajstić information content (AvgIpc) is 2.86. The van der Waals surface area contributed by atoms with Crippen LogP contribution in [0.1, 0.15) is 43.0 Å². The minimum Gasteiger partial charge on any atom is -0.491 e. The molecule has 0 unspecified atom stereocenters. The molecule has 1 amide bonds. The number of carbonyl (C=O) groups excluding carboxylic acids is 1. The molecule has 0 heterocycles. The van der Waals surface area contributed by atoms with E-state index in [-0.39, 0.29) is 24.9 Å². The number of aliphatic carboxylic acids is 1. The summed E-state index contributed by atoms with van der Waals surface area (Å²) in [6.45, 7) is 2.73. The van der Waals surface area contributed by atoms with Gasteiger partial charge in [-0.3, -0.25) is 9.59 Å². The normalized spacial score (nSPS) is 11.5. The fraction of sp³-hybridized carbons (Fsp3) is 0.286. The fourth-order valence-electron chi connectivity index (χ4n) is 3.64. The van der Waals surface area contributed by atoms with Crippen molar-refractivity contribution in [3.8, 4) is 16.9 Å². The van der Waals surface area contributed by atoms with E-state index >= 15 is 0 Å².